The first kappa shape index (κ1) is 15.7. The van der Waals surface area contributed by atoms with Crippen molar-refractivity contribution in [3.8, 4) is 0 Å². The van der Waals surface area contributed by atoms with Crippen molar-refractivity contribution in [1.82, 2.24) is 15.1 Å². The van der Waals surface area contributed by atoms with Gasteiger partial charge in [0.2, 0.25) is 5.91 Å². The molecule has 0 saturated carbocycles. The molecule has 1 aromatic heterocycles. The fourth-order valence-corrected chi connectivity index (χ4v) is 3.03. The first-order valence-corrected chi connectivity index (χ1v) is 7.83. The fraction of sp³-hybridized carbons (Fsp3) is 0.412. The molecule has 0 radical (unpaired) electrons. The van der Waals surface area contributed by atoms with Gasteiger partial charge in [-0.3, -0.25) is 9.48 Å². The largest absolute Gasteiger partial charge is 0.373 e. The van der Waals surface area contributed by atoms with Gasteiger partial charge < -0.3 is 15.8 Å². The molecule has 0 unspecified atom stereocenters. The van der Waals surface area contributed by atoms with Gasteiger partial charge in [0.15, 0.2) is 0 Å². The summed E-state index contributed by atoms with van der Waals surface area (Å²) in [5.41, 5.74) is 8.04. The molecule has 6 heteroatoms. The number of amides is 1. The molecule has 0 bridgehead atoms. The predicted octanol–water partition coefficient (Wildman–Crippen LogP) is 1.39. The summed E-state index contributed by atoms with van der Waals surface area (Å²) in [5, 5.41) is 7.68. The maximum absolute atomic E-state index is 11.2. The maximum atomic E-state index is 11.2. The van der Waals surface area contributed by atoms with Gasteiger partial charge in [0, 0.05) is 50.0 Å². The van der Waals surface area contributed by atoms with Crippen LogP contribution in [0.15, 0.2) is 36.7 Å². The average Bonchev–Trinajstić information content (AvgIpc) is 3.16. The quantitative estimate of drug-likeness (QED) is 0.844. The Bertz CT molecular complexity index is 683. The lowest BCUT2D eigenvalue weighted by atomic mass is 9.97. The van der Waals surface area contributed by atoms with Crippen molar-refractivity contribution in [2.45, 2.75) is 19.1 Å². The highest BCUT2D eigenvalue weighted by molar-refractivity contribution is 5.92. The first-order chi connectivity index (χ1) is 11.1. The van der Waals surface area contributed by atoms with E-state index in [0.717, 1.165) is 30.7 Å². The van der Waals surface area contributed by atoms with E-state index < -0.39 is 5.91 Å². The smallest absolute Gasteiger partial charge is 0.248 e. The van der Waals surface area contributed by atoms with Crippen molar-refractivity contribution in [1.29, 1.82) is 0 Å². The van der Waals surface area contributed by atoms with Crippen LogP contribution < -0.4 is 11.1 Å². The van der Waals surface area contributed by atoms with E-state index in [4.69, 9.17) is 10.5 Å². The van der Waals surface area contributed by atoms with E-state index in [1.165, 1.54) is 0 Å². The third-order valence-corrected chi connectivity index (χ3v) is 4.21. The summed E-state index contributed by atoms with van der Waals surface area (Å²) in [7, 11) is 1.91. The topological polar surface area (TPSA) is 82.2 Å². The van der Waals surface area contributed by atoms with Crippen LogP contribution in [0.3, 0.4) is 0 Å². The van der Waals surface area contributed by atoms with Crippen molar-refractivity contribution >= 4 is 5.91 Å². The highest BCUT2D eigenvalue weighted by Gasteiger charge is 2.30. The molecule has 6 nitrogen and oxygen atoms in total. The lowest BCUT2D eigenvalue weighted by Gasteiger charge is -2.18. The minimum Gasteiger partial charge on any atom is -0.373 e. The molecule has 2 aromatic rings. The van der Waals surface area contributed by atoms with Gasteiger partial charge in [-0.2, -0.15) is 5.10 Å². The van der Waals surface area contributed by atoms with E-state index in [-0.39, 0.29) is 6.10 Å². The summed E-state index contributed by atoms with van der Waals surface area (Å²) in [4.78, 5) is 11.2. The van der Waals surface area contributed by atoms with Crippen molar-refractivity contribution < 1.29 is 9.53 Å². The van der Waals surface area contributed by atoms with Gasteiger partial charge in [0.25, 0.3) is 0 Å². The monoisotopic (exact) mass is 314 g/mol. The van der Waals surface area contributed by atoms with Crippen LogP contribution in [0, 0.1) is 5.92 Å². The number of hydrogen-bond donors (Lipinski definition) is 2. The van der Waals surface area contributed by atoms with Gasteiger partial charge >= 0.3 is 0 Å². The van der Waals surface area contributed by atoms with E-state index in [9.17, 15) is 4.79 Å². The van der Waals surface area contributed by atoms with Gasteiger partial charge in [0.1, 0.15) is 0 Å². The van der Waals surface area contributed by atoms with Crippen LogP contribution in [0.1, 0.15) is 34.0 Å². The number of carbonyl (C=O) groups excluding carboxylic acids is 1. The number of benzene rings is 1. The zero-order valence-corrected chi connectivity index (χ0v) is 13.2. The molecule has 3 rings (SSSR count). The number of nitrogens with two attached hydrogens (primary N) is 1. The Labute approximate surface area is 135 Å². The SMILES string of the molecule is Cn1cc([C@H]2OCC[C@@H]2CNCc2cccc(C(N)=O)c2)cn1. The number of carbonyl (C=O) groups is 1. The molecular formula is C17H22N4O2. The lowest BCUT2D eigenvalue weighted by Crippen LogP contribution is -2.24. The Morgan fingerprint density at radius 1 is 1.52 bits per heavy atom. The van der Waals surface area contributed by atoms with Gasteiger partial charge in [-0.05, 0) is 24.1 Å². The fourth-order valence-electron chi connectivity index (χ4n) is 3.03. The summed E-state index contributed by atoms with van der Waals surface area (Å²) in [6.07, 6.45) is 5.03. The number of hydrogen-bond acceptors (Lipinski definition) is 4. The molecule has 1 fully saturated rings. The van der Waals surface area contributed by atoms with E-state index in [1.54, 1.807) is 10.7 Å². The van der Waals surface area contributed by atoms with E-state index in [0.29, 0.717) is 18.0 Å². The van der Waals surface area contributed by atoms with Crippen molar-refractivity contribution in [2.24, 2.45) is 18.7 Å². The zero-order chi connectivity index (χ0) is 16.2. The summed E-state index contributed by atoms with van der Waals surface area (Å²) in [6.45, 7) is 2.35. The Hall–Kier alpha value is -2.18. The molecular weight excluding hydrogens is 292 g/mol. The van der Waals surface area contributed by atoms with Crippen molar-refractivity contribution in [3.63, 3.8) is 0 Å². The van der Waals surface area contributed by atoms with Crippen LogP contribution in [0.4, 0.5) is 0 Å². The number of aromatic nitrogens is 2. The predicted molar refractivity (Wildman–Crippen MR) is 86.7 cm³/mol. The average molecular weight is 314 g/mol. The van der Waals surface area contributed by atoms with Crippen LogP contribution in [0.2, 0.25) is 0 Å². The van der Waals surface area contributed by atoms with Crippen LogP contribution in [-0.2, 0) is 18.3 Å². The molecule has 0 aliphatic carbocycles. The first-order valence-electron chi connectivity index (χ1n) is 7.83. The van der Waals surface area contributed by atoms with Crippen LogP contribution in [0.25, 0.3) is 0 Å². The summed E-state index contributed by atoms with van der Waals surface area (Å²) < 4.78 is 7.67. The molecule has 3 N–H and O–H groups in total. The Morgan fingerprint density at radius 3 is 3.13 bits per heavy atom. The Morgan fingerprint density at radius 2 is 2.39 bits per heavy atom. The molecule has 1 aliphatic rings. The number of nitrogens with zero attached hydrogens (tertiary/aromatic N) is 2. The molecule has 1 saturated heterocycles. The normalized spacial score (nSPS) is 20.7. The van der Waals surface area contributed by atoms with Gasteiger partial charge in [0.05, 0.1) is 12.3 Å². The zero-order valence-electron chi connectivity index (χ0n) is 13.2. The number of primary amides is 1. The molecule has 1 aliphatic heterocycles. The number of ether oxygens (including phenoxy) is 1. The van der Waals surface area contributed by atoms with Crippen molar-refractivity contribution in [2.75, 3.05) is 13.2 Å². The third kappa shape index (κ3) is 3.78. The Balaban J connectivity index is 1.55. The molecule has 0 spiro atoms. The van der Waals surface area contributed by atoms with Crippen LogP contribution in [0.5, 0.6) is 0 Å². The van der Waals surface area contributed by atoms with Gasteiger partial charge in [-0.25, -0.2) is 0 Å². The second kappa shape index (κ2) is 6.93. The second-order valence-electron chi connectivity index (χ2n) is 5.98. The van der Waals surface area contributed by atoms with Crippen molar-refractivity contribution in [3.05, 3.63) is 53.3 Å². The second-order valence-corrected chi connectivity index (χ2v) is 5.98. The summed E-state index contributed by atoms with van der Waals surface area (Å²) >= 11 is 0. The molecule has 2 atom stereocenters. The van der Waals surface area contributed by atoms with Gasteiger partial charge in [-0.1, -0.05) is 12.1 Å². The molecule has 1 aromatic carbocycles. The Kier molecular flexibility index (Phi) is 4.73. The highest BCUT2D eigenvalue weighted by Crippen LogP contribution is 2.33. The lowest BCUT2D eigenvalue weighted by molar-refractivity contribution is 0.0904. The number of rotatable bonds is 6. The molecule has 1 amide bonds. The molecule has 2 heterocycles. The van der Waals surface area contributed by atoms with Crippen LogP contribution >= 0.6 is 0 Å². The minimum absolute atomic E-state index is 0.105. The van der Waals surface area contributed by atoms with Gasteiger partial charge in [-0.15, -0.1) is 0 Å². The summed E-state index contributed by atoms with van der Waals surface area (Å²) in [6, 6.07) is 7.41. The van der Waals surface area contributed by atoms with E-state index >= 15 is 0 Å². The van der Waals surface area contributed by atoms with E-state index in [2.05, 4.69) is 10.4 Å². The number of nitrogens with one attached hydrogen (secondary N) is 1. The standard InChI is InChI=1S/C17H22N4O2/c1-21-11-15(10-20-21)16-14(5-6-23-16)9-19-8-12-3-2-4-13(7-12)17(18)22/h2-4,7,10-11,14,16,19H,5-6,8-9H2,1H3,(H2,18,22)/t14-,16+/m1/s1. The highest BCUT2D eigenvalue weighted by atomic mass is 16.5. The number of aryl methyl sites for hydroxylation is 1. The van der Waals surface area contributed by atoms with Crippen LogP contribution in [-0.4, -0.2) is 28.8 Å². The maximum Gasteiger partial charge on any atom is 0.248 e. The molecule has 23 heavy (non-hydrogen) atoms. The molecule has 122 valence electrons. The minimum atomic E-state index is -0.396. The third-order valence-electron chi connectivity index (χ3n) is 4.21. The van der Waals surface area contributed by atoms with E-state index in [1.807, 2.05) is 37.6 Å². The summed E-state index contributed by atoms with van der Waals surface area (Å²) in [5.74, 6) is 0.0335.